The lowest BCUT2D eigenvalue weighted by molar-refractivity contribution is 0.176. The van der Waals surface area contributed by atoms with Crippen LogP contribution in [0.1, 0.15) is 12.0 Å². The molecular formula is C12H6Cl6O. The molecule has 1 unspecified atom stereocenters. The Morgan fingerprint density at radius 1 is 1.00 bits per heavy atom. The lowest BCUT2D eigenvalue weighted by atomic mass is 9.97. The van der Waals surface area contributed by atoms with Gasteiger partial charge < -0.3 is 5.11 Å². The molecule has 2 rings (SSSR count). The van der Waals surface area contributed by atoms with Gasteiger partial charge in [0, 0.05) is 17.0 Å². The summed E-state index contributed by atoms with van der Waals surface area (Å²) < 4.78 is 0. The highest BCUT2D eigenvalue weighted by molar-refractivity contribution is 6.49. The first-order valence-electron chi connectivity index (χ1n) is 5.05. The predicted molar refractivity (Wildman–Crippen MR) is 83.6 cm³/mol. The molecule has 0 aliphatic heterocycles. The Morgan fingerprint density at radius 2 is 1.63 bits per heavy atom. The number of rotatable bonds is 1. The molecule has 102 valence electrons. The molecule has 0 amide bonds. The summed E-state index contributed by atoms with van der Waals surface area (Å²) in [6.07, 6.45) is 1.45. The summed E-state index contributed by atoms with van der Waals surface area (Å²) in [7, 11) is 0. The first-order chi connectivity index (χ1) is 8.74. The van der Waals surface area contributed by atoms with Crippen molar-refractivity contribution in [3.63, 3.8) is 0 Å². The molecule has 1 aromatic carbocycles. The van der Waals surface area contributed by atoms with Crippen LogP contribution in [0.4, 0.5) is 0 Å². The number of aliphatic hydroxyl groups is 1. The normalized spacial score (nSPS) is 23.6. The topological polar surface area (TPSA) is 20.2 Å². The second-order valence-corrected chi connectivity index (χ2v) is 6.62. The molecular weight excluding hydrogens is 373 g/mol. The number of halogens is 6. The van der Waals surface area contributed by atoms with Gasteiger partial charge in [-0.15, -0.1) is 0 Å². The van der Waals surface area contributed by atoms with E-state index in [1.54, 1.807) is 12.1 Å². The fourth-order valence-electron chi connectivity index (χ4n) is 1.66. The van der Waals surface area contributed by atoms with Gasteiger partial charge in [0.2, 0.25) is 0 Å². The van der Waals surface area contributed by atoms with E-state index in [1.807, 2.05) is 0 Å². The van der Waals surface area contributed by atoms with Crippen molar-refractivity contribution in [3.8, 4) is 0 Å². The van der Waals surface area contributed by atoms with E-state index in [1.165, 1.54) is 6.08 Å². The van der Waals surface area contributed by atoms with Crippen molar-refractivity contribution in [1.82, 2.24) is 0 Å². The van der Waals surface area contributed by atoms with Gasteiger partial charge in [0.1, 0.15) is 0 Å². The van der Waals surface area contributed by atoms with Gasteiger partial charge in [-0.05, 0) is 17.7 Å². The predicted octanol–water partition coefficient (Wildman–Crippen LogP) is 6.05. The Kier molecular flexibility index (Phi) is 4.69. The zero-order chi connectivity index (χ0) is 14.4. The molecule has 0 fully saturated rings. The van der Waals surface area contributed by atoms with Crippen molar-refractivity contribution >= 4 is 75.2 Å². The number of hydrogen-bond donors (Lipinski definition) is 1. The second-order valence-electron chi connectivity index (χ2n) is 3.97. The molecule has 1 nitrogen and oxygen atoms in total. The molecule has 0 aromatic heterocycles. The van der Waals surface area contributed by atoms with Gasteiger partial charge >= 0.3 is 0 Å². The monoisotopic (exact) mass is 376 g/mol. The fourth-order valence-corrected chi connectivity index (χ4v) is 3.08. The summed E-state index contributed by atoms with van der Waals surface area (Å²) in [6.45, 7) is 0. The third-order valence-corrected chi connectivity index (χ3v) is 5.13. The average molecular weight is 379 g/mol. The van der Waals surface area contributed by atoms with E-state index in [4.69, 9.17) is 69.6 Å². The van der Waals surface area contributed by atoms with E-state index in [-0.39, 0.29) is 21.5 Å². The molecule has 0 bridgehead atoms. The molecule has 1 aromatic rings. The SMILES string of the molecule is OC1(Cl)CC(Cl)=C(c2ccc(Cl)c(Cl)c2Cl)C=C1Cl. The Hall–Kier alpha value is 0.400. The van der Waals surface area contributed by atoms with Crippen LogP contribution in [0.2, 0.25) is 15.1 Å². The molecule has 0 saturated carbocycles. The highest BCUT2D eigenvalue weighted by atomic mass is 35.5. The lowest BCUT2D eigenvalue weighted by Crippen LogP contribution is -2.24. The van der Waals surface area contributed by atoms with E-state index < -0.39 is 5.06 Å². The minimum absolute atomic E-state index is 0.0165. The maximum absolute atomic E-state index is 9.81. The molecule has 1 aliphatic carbocycles. The Labute approximate surface area is 140 Å². The van der Waals surface area contributed by atoms with Crippen LogP contribution in [-0.2, 0) is 0 Å². The summed E-state index contributed by atoms with van der Waals surface area (Å²) >= 11 is 35.9. The summed E-state index contributed by atoms with van der Waals surface area (Å²) in [5, 5.41) is 9.36. The maximum atomic E-state index is 9.81. The standard InChI is InChI=1S/C12H6Cl6O/c13-7-2-1-5(10(16)11(7)17)6-3-9(15)12(18,19)4-8(6)14/h1-3,19H,4H2. The number of alkyl halides is 1. The van der Waals surface area contributed by atoms with Crippen LogP contribution in [-0.4, -0.2) is 10.2 Å². The number of hydrogen-bond acceptors (Lipinski definition) is 1. The highest BCUT2D eigenvalue weighted by Crippen LogP contribution is 2.45. The van der Waals surface area contributed by atoms with Crippen molar-refractivity contribution < 1.29 is 5.11 Å². The Balaban J connectivity index is 2.58. The number of benzene rings is 1. The van der Waals surface area contributed by atoms with Crippen molar-refractivity contribution in [1.29, 1.82) is 0 Å². The smallest absolute Gasteiger partial charge is 0.179 e. The summed E-state index contributed by atoms with van der Waals surface area (Å²) in [5.74, 6) is 0. The van der Waals surface area contributed by atoms with E-state index in [9.17, 15) is 5.11 Å². The van der Waals surface area contributed by atoms with Gasteiger partial charge in [0.25, 0.3) is 0 Å². The maximum Gasteiger partial charge on any atom is 0.179 e. The molecule has 0 radical (unpaired) electrons. The fraction of sp³-hybridized carbons (Fsp3) is 0.167. The van der Waals surface area contributed by atoms with Crippen LogP contribution < -0.4 is 0 Å². The molecule has 1 N–H and O–H groups in total. The Bertz CT molecular complexity index is 602. The van der Waals surface area contributed by atoms with Gasteiger partial charge in [-0.1, -0.05) is 75.7 Å². The van der Waals surface area contributed by atoms with Crippen LogP contribution in [0, 0.1) is 0 Å². The third-order valence-electron chi connectivity index (χ3n) is 2.64. The zero-order valence-corrected chi connectivity index (χ0v) is 13.7. The van der Waals surface area contributed by atoms with Crippen LogP contribution in [0.25, 0.3) is 5.57 Å². The van der Waals surface area contributed by atoms with Crippen molar-refractivity contribution in [3.05, 3.63) is 48.9 Å². The first-order valence-corrected chi connectivity index (χ1v) is 7.32. The molecule has 19 heavy (non-hydrogen) atoms. The third kappa shape index (κ3) is 3.03. The molecule has 0 spiro atoms. The van der Waals surface area contributed by atoms with E-state index in [2.05, 4.69) is 0 Å². The largest absolute Gasteiger partial charge is 0.370 e. The summed E-state index contributed by atoms with van der Waals surface area (Å²) in [6, 6.07) is 3.28. The van der Waals surface area contributed by atoms with Crippen molar-refractivity contribution in [2.45, 2.75) is 11.5 Å². The van der Waals surface area contributed by atoms with Crippen molar-refractivity contribution in [2.75, 3.05) is 0 Å². The zero-order valence-electron chi connectivity index (χ0n) is 9.15. The van der Waals surface area contributed by atoms with Crippen molar-refractivity contribution in [2.24, 2.45) is 0 Å². The van der Waals surface area contributed by atoms with Crippen LogP contribution in [0.3, 0.4) is 0 Å². The van der Waals surface area contributed by atoms with Gasteiger partial charge in [-0.2, -0.15) is 0 Å². The van der Waals surface area contributed by atoms with Crippen LogP contribution in [0.5, 0.6) is 0 Å². The van der Waals surface area contributed by atoms with Gasteiger partial charge in [-0.25, -0.2) is 0 Å². The minimum Gasteiger partial charge on any atom is -0.370 e. The second kappa shape index (κ2) is 5.65. The lowest BCUT2D eigenvalue weighted by Gasteiger charge is -2.26. The first kappa shape index (κ1) is 15.8. The number of allylic oxidation sites excluding steroid dienone is 2. The molecule has 7 heteroatoms. The van der Waals surface area contributed by atoms with E-state index >= 15 is 0 Å². The average Bonchev–Trinajstić information content (AvgIpc) is 2.31. The van der Waals surface area contributed by atoms with Gasteiger partial charge in [0.05, 0.1) is 20.1 Å². The minimum atomic E-state index is -1.69. The molecule has 1 aliphatic rings. The summed E-state index contributed by atoms with van der Waals surface area (Å²) in [5.41, 5.74) is 1.13. The molecule has 0 saturated heterocycles. The van der Waals surface area contributed by atoms with Crippen LogP contribution >= 0.6 is 69.6 Å². The molecule has 0 heterocycles. The quantitative estimate of drug-likeness (QED) is 0.465. The van der Waals surface area contributed by atoms with Gasteiger partial charge in [-0.3, -0.25) is 0 Å². The highest BCUT2D eigenvalue weighted by Gasteiger charge is 2.34. The van der Waals surface area contributed by atoms with E-state index in [0.717, 1.165) is 0 Å². The van der Waals surface area contributed by atoms with E-state index in [0.29, 0.717) is 21.2 Å². The summed E-state index contributed by atoms with van der Waals surface area (Å²) in [4.78, 5) is 0. The van der Waals surface area contributed by atoms with Gasteiger partial charge in [0.15, 0.2) is 5.06 Å². The molecule has 1 atom stereocenters. The van der Waals surface area contributed by atoms with Crippen LogP contribution in [0.15, 0.2) is 28.3 Å². The Morgan fingerprint density at radius 3 is 2.26 bits per heavy atom.